The first kappa shape index (κ1) is 7.96. The molecule has 0 heterocycles. The Bertz CT molecular complexity index is 103. The van der Waals surface area contributed by atoms with Gasteiger partial charge < -0.3 is 0 Å². The number of rotatable bonds is 1. The summed E-state index contributed by atoms with van der Waals surface area (Å²) < 4.78 is 24.8. The zero-order valence-electron chi connectivity index (χ0n) is 6.32. The van der Waals surface area contributed by atoms with Crippen LogP contribution in [0.15, 0.2) is 0 Å². The minimum atomic E-state index is -0.874. The first-order chi connectivity index (χ1) is 4.74. The third-order valence-corrected chi connectivity index (χ3v) is 2.35. The van der Waals surface area contributed by atoms with Crippen molar-refractivity contribution >= 4 is 0 Å². The molecule has 0 bridgehead atoms. The van der Waals surface area contributed by atoms with Gasteiger partial charge in [-0.05, 0) is 25.2 Å². The van der Waals surface area contributed by atoms with Crippen molar-refractivity contribution in [2.75, 3.05) is 6.67 Å². The van der Waals surface area contributed by atoms with Crippen molar-refractivity contribution in [3.63, 3.8) is 0 Å². The summed E-state index contributed by atoms with van der Waals surface area (Å²) in [6.07, 6.45) is 1.35. The van der Waals surface area contributed by atoms with Gasteiger partial charge in [-0.15, -0.1) is 0 Å². The normalized spacial score (nSPS) is 41.7. The molecule has 0 radical (unpaired) electrons. The summed E-state index contributed by atoms with van der Waals surface area (Å²) in [6.45, 7) is 1.58. The highest BCUT2D eigenvalue weighted by Crippen LogP contribution is 2.31. The van der Waals surface area contributed by atoms with Gasteiger partial charge in [0.2, 0.25) is 0 Å². The Balaban J connectivity index is 2.38. The van der Waals surface area contributed by atoms with E-state index in [4.69, 9.17) is 0 Å². The minimum absolute atomic E-state index is 0.302. The van der Waals surface area contributed by atoms with Crippen molar-refractivity contribution in [2.24, 2.45) is 11.8 Å². The van der Waals surface area contributed by atoms with Crippen molar-refractivity contribution < 1.29 is 8.78 Å². The van der Waals surface area contributed by atoms with Crippen LogP contribution >= 0.6 is 0 Å². The lowest BCUT2D eigenvalue weighted by Crippen LogP contribution is -2.26. The van der Waals surface area contributed by atoms with Crippen molar-refractivity contribution in [2.45, 2.75) is 32.4 Å². The SMILES string of the molecule is CC1CC[C@@H](F)C(CF)C1. The van der Waals surface area contributed by atoms with Crippen LogP contribution in [-0.2, 0) is 0 Å². The second-order valence-corrected chi connectivity index (χ2v) is 3.35. The van der Waals surface area contributed by atoms with Crippen molar-refractivity contribution in [3.05, 3.63) is 0 Å². The fourth-order valence-corrected chi connectivity index (χ4v) is 1.62. The topological polar surface area (TPSA) is 0 Å². The smallest absolute Gasteiger partial charge is 0.105 e. The molecule has 2 heteroatoms. The highest BCUT2D eigenvalue weighted by molar-refractivity contribution is 4.77. The Kier molecular flexibility index (Phi) is 2.64. The maximum absolute atomic E-state index is 12.8. The minimum Gasteiger partial charge on any atom is -0.251 e. The number of hydrogen-bond donors (Lipinski definition) is 0. The molecule has 2 unspecified atom stereocenters. The second-order valence-electron chi connectivity index (χ2n) is 3.35. The molecule has 1 saturated carbocycles. The van der Waals surface area contributed by atoms with E-state index in [9.17, 15) is 8.78 Å². The first-order valence-electron chi connectivity index (χ1n) is 3.94. The summed E-state index contributed by atoms with van der Waals surface area (Å²) in [5.41, 5.74) is 0. The van der Waals surface area contributed by atoms with Crippen LogP contribution in [0.1, 0.15) is 26.2 Å². The van der Waals surface area contributed by atoms with Gasteiger partial charge in [0.15, 0.2) is 0 Å². The average Bonchev–Trinajstić information content (AvgIpc) is 1.94. The summed E-state index contributed by atoms with van der Waals surface area (Å²) in [4.78, 5) is 0. The fraction of sp³-hybridized carbons (Fsp3) is 1.00. The van der Waals surface area contributed by atoms with E-state index in [-0.39, 0.29) is 5.92 Å². The van der Waals surface area contributed by atoms with Crippen molar-refractivity contribution in [1.29, 1.82) is 0 Å². The molecular weight excluding hydrogens is 134 g/mol. The lowest BCUT2D eigenvalue weighted by molar-refractivity contribution is 0.112. The molecule has 1 rings (SSSR count). The van der Waals surface area contributed by atoms with Crippen molar-refractivity contribution in [3.8, 4) is 0 Å². The van der Waals surface area contributed by atoms with Crippen LogP contribution < -0.4 is 0 Å². The first-order valence-corrected chi connectivity index (χ1v) is 3.94. The summed E-state index contributed by atoms with van der Waals surface area (Å²) in [7, 11) is 0. The molecule has 0 saturated heterocycles. The van der Waals surface area contributed by atoms with Gasteiger partial charge in [-0.1, -0.05) is 6.92 Å². The molecule has 0 aliphatic heterocycles. The predicted molar refractivity (Wildman–Crippen MR) is 37.4 cm³/mol. The molecule has 0 spiro atoms. The Labute approximate surface area is 60.6 Å². The highest BCUT2D eigenvalue weighted by Gasteiger charge is 2.27. The van der Waals surface area contributed by atoms with Gasteiger partial charge in [-0.2, -0.15) is 0 Å². The molecule has 0 N–H and O–H groups in total. The van der Waals surface area contributed by atoms with Gasteiger partial charge in [0, 0.05) is 5.92 Å². The summed E-state index contributed by atoms with van der Waals surface area (Å²) in [6, 6.07) is 0. The monoisotopic (exact) mass is 148 g/mol. The Morgan fingerprint density at radius 3 is 2.60 bits per heavy atom. The summed E-state index contributed by atoms with van der Waals surface area (Å²) >= 11 is 0. The van der Waals surface area contributed by atoms with Gasteiger partial charge in [-0.3, -0.25) is 4.39 Å². The quantitative estimate of drug-likeness (QED) is 0.536. The van der Waals surface area contributed by atoms with Crippen LogP contribution in [0, 0.1) is 11.8 Å². The van der Waals surface area contributed by atoms with Crippen LogP contribution in [0.2, 0.25) is 0 Å². The summed E-state index contributed by atoms with van der Waals surface area (Å²) in [5.74, 6) is 0.219. The molecule has 10 heavy (non-hydrogen) atoms. The van der Waals surface area contributed by atoms with E-state index in [1.807, 2.05) is 0 Å². The van der Waals surface area contributed by atoms with Gasteiger partial charge >= 0.3 is 0 Å². The van der Waals surface area contributed by atoms with Gasteiger partial charge in [0.05, 0.1) is 6.67 Å². The number of hydrogen-bond acceptors (Lipinski definition) is 0. The molecule has 0 aromatic heterocycles. The molecule has 3 atom stereocenters. The fourth-order valence-electron chi connectivity index (χ4n) is 1.62. The van der Waals surface area contributed by atoms with Gasteiger partial charge in [0.1, 0.15) is 6.17 Å². The zero-order valence-corrected chi connectivity index (χ0v) is 6.32. The Hall–Kier alpha value is -0.140. The van der Waals surface area contributed by atoms with Crippen molar-refractivity contribution in [1.82, 2.24) is 0 Å². The van der Waals surface area contributed by atoms with Gasteiger partial charge in [-0.25, -0.2) is 4.39 Å². The van der Waals surface area contributed by atoms with Crippen LogP contribution in [0.3, 0.4) is 0 Å². The molecule has 0 aromatic carbocycles. The lowest BCUT2D eigenvalue weighted by atomic mass is 9.82. The molecule has 1 fully saturated rings. The Morgan fingerprint density at radius 1 is 1.40 bits per heavy atom. The Morgan fingerprint density at radius 2 is 2.10 bits per heavy atom. The predicted octanol–water partition coefficient (Wildman–Crippen LogP) is 2.73. The van der Waals surface area contributed by atoms with E-state index < -0.39 is 12.8 Å². The van der Waals surface area contributed by atoms with Crippen LogP contribution in [-0.4, -0.2) is 12.8 Å². The maximum Gasteiger partial charge on any atom is 0.105 e. The maximum atomic E-state index is 12.8. The largest absolute Gasteiger partial charge is 0.251 e. The molecule has 60 valence electrons. The number of halogens is 2. The number of alkyl halides is 2. The highest BCUT2D eigenvalue weighted by atomic mass is 19.1. The second kappa shape index (κ2) is 3.31. The van der Waals surface area contributed by atoms with E-state index in [0.717, 1.165) is 12.8 Å². The zero-order chi connectivity index (χ0) is 7.56. The third kappa shape index (κ3) is 1.68. The van der Waals surface area contributed by atoms with Crippen LogP contribution in [0.25, 0.3) is 0 Å². The third-order valence-electron chi connectivity index (χ3n) is 2.35. The van der Waals surface area contributed by atoms with E-state index in [1.165, 1.54) is 0 Å². The van der Waals surface area contributed by atoms with Crippen LogP contribution in [0.4, 0.5) is 8.78 Å². The lowest BCUT2D eigenvalue weighted by Gasteiger charge is -2.27. The molecule has 0 nitrogen and oxygen atoms in total. The van der Waals surface area contributed by atoms with E-state index in [2.05, 4.69) is 6.92 Å². The van der Waals surface area contributed by atoms with E-state index in [1.54, 1.807) is 0 Å². The molecule has 1 aliphatic rings. The molecule has 0 aromatic rings. The standard InChI is InChI=1S/C8H14F2/c1-6-2-3-8(10)7(4-6)5-9/h6-8H,2-5H2,1H3/t6?,7?,8-/m1/s1. The van der Waals surface area contributed by atoms with E-state index in [0.29, 0.717) is 12.3 Å². The molecule has 1 aliphatic carbocycles. The summed E-state index contributed by atoms with van der Waals surface area (Å²) in [5, 5.41) is 0. The average molecular weight is 148 g/mol. The molecular formula is C8H14F2. The molecule has 0 amide bonds. The van der Waals surface area contributed by atoms with Crippen LogP contribution in [0.5, 0.6) is 0 Å². The van der Waals surface area contributed by atoms with E-state index >= 15 is 0 Å². The van der Waals surface area contributed by atoms with Gasteiger partial charge in [0.25, 0.3) is 0 Å².